The third-order valence-corrected chi connectivity index (χ3v) is 4.13. The van der Waals surface area contributed by atoms with Gasteiger partial charge in [-0.05, 0) is 32.0 Å². The van der Waals surface area contributed by atoms with Gasteiger partial charge in [0, 0.05) is 24.7 Å². The van der Waals surface area contributed by atoms with Crippen molar-refractivity contribution >= 4 is 21.6 Å². The first-order valence-electron chi connectivity index (χ1n) is 6.22. The number of sulfonamides is 1. The molecule has 5 nitrogen and oxygen atoms in total. The normalized spacial score (nSPS) is 11.9. The number of amides is 1. The van der Waals surface area contributed by atoms with Gasteiger partial charge in [0.05, 0.1) is 6.26 Å². The molecule has 0 heterocycles. The highest BCUT2D eigenvalue weighted by Gasteiger charge is 2.20. The fourth-order valence-corrected chi connectivity index (χ4v) is 3.00. The third-order valence-electron chi connectivity index (χ3n) is 2.67. The summed E-state index contributed by atoms with van der Waals surface area (Å²) in [5.74, 6) is -0.798. The van der Waals surface area contributed by atoms with Crippen molar-refractivity contribution in [3.8, 4) is 0 Å². The molecule has 1 aromatic carbocycles. The molecule has 1 aromatic rings. The maximum absolute atomic E-state index is 13.0. The number of anilines is 1. The van der Waals surface area contributed by atoms with Crippen molar-refractivity contribution < 1.29 is 17.6 Å². The standard InChI is InChI=1S/C13H19FN2O3S/c1-10(2)16(20(3,18)19)8-7-13(17)15-12-6-4-5-11(14)9-12/h4-6,9-10H,7-8H2,1-3H3,(H,15,17). The van der Waals surface area contributed by atoms with Crippen LogP contribution in [0, 0.1) is 5.82 Å². The molecule has 1 amide bonds. The first-order valence-corrected chi connectivity index (χ1v) is 8.07. The lowest BCUT2D eigenvalue weighted by Crippen LogP contribution is -2.38. The van der Waals surface area contributed by atoms with E-state index in [0.717, 1.165) is 6.26 Å². The Kier molecular flexibility index (Phi) is 5.64. The molecule has 112 valence electrons. The zero-order valence-corrected chi connectivity index (χ0v) is 12.6. The van der Waals surface area contributed by atoms with E-state index in [1.165, 1.54) is 22.5 Å². The molecule has 1 N–H and O–H groups in total. The molecule has 0 aliphatic carbocycles. The van der Waals surface area contributed by atoms with Gasteiger partial charge in [0.2, 0.25) is 15.9 Å². The lowest BCUT2D eigenvalue weighted by molar-refractivity contribution is -0.116. The highest BCUT2D eigenvalue weighted by molar-refractivity contribution is 7.88. The molecular formula is C13H19FN2O3S. The smallest absolute Gasteiger partial charge is 0.225 e. The SMILES string of the molecule is CC(C)N(CCC(=O)Nc1cccc(F)c1)S(C)(=O)=O. The van der Waals surface area contributed by atoms with Gasteiger partial charge in [0.1, 0.15) is 5.82 Å². The number of carbonyl (C=O) groups excluding carboxylic acids is 1. The molecule has 0 saturated heterocycles. The van der Waals surface area contributed by atoms with Gasteiger partial charge in [0.25, 0.3) is 0 Å². The summed E-state index contributed by atoms with van der Waals surface area (Å²) in [6.07, 6.45) is 1.12. The number of nitrogens with one attached hydrogen (secondary N) is 1. The lowest BCUT2D eigenvalue weighted by Gasteiger charge is -2.23. The molecule has 0 spiro atoms. The summed E-state index contributed by atoms with van der Waals surface area (Å²) in [5.41, 5.74) is 0.352. The van der Waals surface area contributed by atoms with E-state index in [-0.39, 0.29) is 24.9 Å². The number of benzene rings is 1. The molecule has 0 bridgehead atoms. The highest BCUT2D eigenvalue weighted by Crippen LogP contribution is 2.10. The van der Waals surface area contributed by atoms with E-state index in [1.54, 1.807) is 19.9 Å². The number of rotatable bonds is 6. The molecule has 0 atom stereocenters. The average molecular weight is 302 g/mol. The predicted octanol–water partition coefficient (Wildman–Crippen LogP) is 1.82. The van der Waals surface area contributed by atoms with E-state index in [0.29, 0.717) is 5.69 Å². The Bertz CT molecular complexity index is 573. The second-order valence-corrected chi connectivity index (χ2v) is 6.71. The summed E-state index contributed by atoms with van der Waals surface area (Å²) in [6, 6.07) is 5.32. The van der Waals surface area contributed by atoms with E-state index in [2.05, 4.69) is 5.32 Å². The van der Waals surface area contributed by atoms with Crippen molar-refractivity contribution in [2.24, 2.45) is 0 Å². The number of hydrogen-bond donors (Lipinski definition) is 1. The first-order chi connectivity index (χ1) is 9.20. The van der Waals surface area contributed by atoms with Crippen LogP contribution in [0.3, 0.4) is 0 Å². The summed E-state index contributed by atoms with van der Waals surface area (Å²) >= 11 is 0. The number of halogens is 1. The summed E-state index contributed by atoms with van der Waals surface area (Å²) in [4.78, 5) is 11.7. The van der Waals surface area contributed by atoms with Gasteiger partial charge < -0.3 is 5.32 Å². The molecule has 1 rings (SSSR count). The average Bonchev–Trinajstić information content (AvgIpc) is 2.26. The fraction of sp³-hybridized carbons (Fsp3) is 0.462. The fourth-order valence-electron chi connectivity index (χ4n) is 1.81. The number of carbonyl (C=O) groups is 1. The van der Waals surface area contributed by atoms with Crippen LogP contribution >= 0.6 is 0 Å². The summed E-state index contributed by atoms with van der Waals surface area (Å²) in [7, 11) is -3.35. The van der Waals surface area contributed by atoms with Crippen molar-refractivity contribution in [1.29, 1.82) is 0 Å². The molecule has 0 aromatic heterocycles. The van der Waals surface area contributed by atoms with Gasteiger partial charge in [0.15, 0.2) is 0 Å². The minimum absolute atomic E-state index is 0.0156. The van der Waals surface area contributed by atoms with Crippen LogP contribution in [-0.4, -0.2) is 37.5 Å². The van der Waals surface area contributed by atoms with Crippen molar-refractivity contribution in [2.45, 2.75) is 26.3 Å². The Hall–Kier alpha value is -1.47. The van der Waals surface area contributed by atoms with Crippen LogP contribution in [0.25, 0.3) is 0 Å². The topological polar surface area (TPSA) is 66.5 Å². The van der Waals surface area contributed by atoms with Crippen LogP contribution in [0.1, 0.15) is 20.3 Å². The Morgan fingerprint density at radius 2 is 2.05 bits per heavy atom. The second kappa shape index (κ2) is 6.81. The van der Waals surface area contributed by atoms with Crippen molar-refractivity contribution in [3.63, 3.8) is 0 Å². The van der Waals surface area contributed by atoms with E-state index in [1.807, 2.05) is 0 Å². The Balaban J connectivity index is 2.59. The van der Waals surface area contributed by atoms with Crippen LogP contribution in [0.15, 0.2) is 24.3 Å². The maximum Gasteiger partial charge on any atom is 0.225 e. The van der Waals surface area contributed by atoms with Gasteiger partial charge in [-0.1, -0.05) is 6.07 Å². The highest BCUT2D eigenvalue weighted by atomic mass is 32.2. The maximum atomic E-state index is 13.0. The Morgan fingerprint density at radius 1 is 1.40 bits per heavy atom. The molecule has 0 aliphatic heterocycles. The van der Waals surface area contributed by atoms with E-state index in [4.69, 9.17) is 0 Å². The summed E-state index contributed by atoms with van der Waals surface area (Å²) < 4.78 is 37.3. The zero-order valence-electron chi connectivity index (χ0n) is 11.8. The summed E-state index contributed by atoms with van der Waals surface area (Å²) in [6.45, 7) is 3.58. The van der Waals surface area contributed by atoms with E-state index >= 15 is 0 Å². The van der Waals surface area contributed by atoms with E-state index < -0.39 is 15.8 Å². The summed E-state index contributed by atoms with van der Waals surface area (Å²) in [5, 5.41) is 2.53. The van der Waals surface area contributed by atoms with Crippen LogP contribution in [0.5, 0.6) is 0 Å². The predicted molar refractivity (Wildman–Crippen MR) is 76.3 cm³/mol. The van der Waals surface area contributed by atoms with Gasteiger partial charge in [-0.15, -0.1) is 0 Å². The van der Waals surface area contributed by atoms with Crippen molar-refractivity contribution in [3.05, 3.63) is 30.1 Å². The second-order valence-electron chi connectivity index (χ2n) is 4.78. The van der Waals surface area contributed by atoms with Crippen molar-refractivity contribution in [1.82, 2.24) is 4.31 Å². The molecule has 0 fully saturated rings. The van der Waals surface area contributed by atoms with Gasteiger partial charge in [-0.3, -0.25) is 4.79 Å². The Labute approximate surface area is 118 Å². The van der Waals surface area contributed by atoms with Crippen LogP contribution < -0.4 is 5.32 Å². The Morgan fingerprint density at radius 3 is 2.55 bits per heavy atom. The minimum Gasteiger partial charge on any atom is -0.326 e. The number of hydrogen-bond acceptors (Lipinski definition) is 3. The molecular weight excluding hydrogens is 283 g/mol. The van der Waals surface area contributed by atoms with Gasteiger partial charge in [-0.2, -0.15) is 4.31 Å². The first kappa shape index (κ1) is 16.6. The van der Waals surface area contributed by atoms with Crippen LogP contribution in [0.2, 0.25) is 0 Å². The molecule has 0 saturated carbocycles. The minimum atomic E-state index is -3.35. The molecule has 0 radical (unpaired) electrons. The lowest BCUT2D eigenvalue weighted by atomic mass is 10.3. The molecule has 0 unspecified atom stereocenters. The van der Waals surface area contributed by atoms with Crippen LogP contribution in [0.4, 0.5) is 10.1 Å². The molecule has 7 heteroatoms. The zero-order chi connectivity index (χ0) is 15.3. The largest absolute Gasteiger partial charge is 0.326 e. The van der Waals surface area contributed by atoms with Crippen LogP contribution in [-0.2, 0) is 14.8 Å². The molecule has 20 heavy (non-hydrogen) atoms. The molecule has 0 aliphatic rings. The monoisotopic (exact) mass is 302 g/mol. The van der Waals surface area contributed by atoms with Gasteiger partial charge in [-0.25, -0.2) is 12.8 Å². The van der Waals surface area contributed by atoms with E-state index in [9.17, 15) is 17.6 Å². The van der Waals surface area contributed by atoms with Crippen molar-refractivity contribution in [2.75, 3.05) is 18.1 Å². The third kappa shape index (κ3) is 5.26. The quantitative estimate of drug-likeness (QED) is 0.871. The van der Waals surface area contributed by atoms with Gasteiger partial charge >= 0.3 is 0 Å². The number of nitrogens with zero attached hydrogens (tertiary/aromatic N) is 1.